The van der Waals surface area contributed by atoms with E-state index in [2.05, 4.69) is 15.4 Å². The van der Waals surface area contributed by atoms with E-state index in [0.29, 0.717) is 17.8 Å². The van der Waals surface area contributed by atoms with Gasteiger partial charge < -0.3 is 10.1 Å². The number of fused-ring (bicyclic) bond motifs is 1. The van der Waals surface area contributed by atoms with Crippen LogP contribution in [0.2, 0.25) is 0 Å². The van der Waals surface area contributed by atoms with Gasteiger partial charge in [0, 0.05) is 25.2 Å². The third-order valence-corrected chi connectivity index (χ3v) is 4.05. The summed E-state index contributed by atoms with van der Waals surface area (Å²) in [6.07, 6.45) is -0.872. The van der Waals surface area contributed by atoms with Crippen LogP contribution >= 0.6 is 0 Å². The van der Waals surface area contributed by atoms with E-state index >= 15 is 0 Å². The van der Waals surface area contributed by atoms with Gasteiger partial charge in [0.1, 0.15) is 5.75 Å². The van der Waals surface area contributed by atoms with Gasteiger partial charge in [-0.1, -0.05) is 13.8 Å². The number of aryl methyl sites for hydroxylation is 1. The lowest BCUT2D eigenvalue weighted by atomic mass is 9.99. The molecule has 1 N–H and O–H groups in total. The van der Waals surface area contributed by atoms with E-state index in [-0.39, 0.29) is 5.75 Å². The molecule has 2 aromatic rings. The lowest BCUT2D eigenvalue weighted by Crippen LogP contribution is -2.13. The van der Waals surface area contributed by atoms with Crippen molar-refractivity contribution in [2.24, 2.45) is 12.0 Å². The maximum absolute atomic E-state index is 13.0. The topological polar surface area (TPSA) is 51.4 Å². The molecule has 27 heavy (non-hydrogen) atoms. The smallest absolute Gasteiger partial charge is 0.416 e. The summed E-state index contributed by atoms with van der Waals surface area (Å²) in [5.41, 5.74) is 2.70. The Morgan fingerprint density at radius 2 is 1.89 bits per heavy atom. The number of aromatic nitrogens is 2. The van der Waals surface area contributed by atoms with E-state index in [9.17, 15) is 13.2 Å². The van der Waals surface area contributed by atoms with Gasteiger partial charge in [0.05, 0.1) is 42.5 Å². The van der Waals surface area contributed by atoms with Crippen LogP contribution in [-0.2, 0) is 13.2 Å². The zero-order valence-electron chi connectivity index (χ0n) is 16.0. The van der Waals surface area contributed by atoms with Crippen LogP contribution in [0, 0.1) is 0 Å². The van der Waals surface area contributed by atoms with E-state index in [4.69, 9.17) is 4.74 Å². The number of aliphatic imine (C=N–C) groups is 1. The predicted molar refractivity (Wildman–Crippen MR) is 100 cm³/mol. The Morgan fingerprint density at radius 3 is 2.48 bits per heavy atom. The van der Waals surface area contributed by atoms with Crippen LogP contribution in [0.25, 0.3) is 5.70 Å². The fraction of sp³-hybridized carbons (Fsp3) is 0.368. The average Bonchev–Trinajstić information content (AvgIpc) is 2.93. The van der Waals surface area contributed by atoms with Crippen molar-refractivity contribution in [1.82, 2.24) is 15.1 Å². The number of benzene rings is 1. The van der Waals surface area contributed by atoms with E-state index in [1.165, 1.54) is 13.2 Å². The van der Waals surface area contributed by atoms with Crippen molar-refractivity contribution in [2.45, 2.75) is 20.0 Å². The largest absolute Gasteiger partial charge is 0.496 e. The first-order chi connectivity index (χ1) is 12.9. The molecule has 0 unspecified atom stereocenters. The van der Waals surface area contributed by atoms with Gasteiger partial charge in [-0.2, -0.15) is 18.3 Å². The maximum Gasteiger partial charge on any atom is 0.416 e. The molecular weight excluding hydrogens is 357 g/mol. The molecule has 1 aliphatic heterocycles. The molecule has 8 heteroatoms. The summed E-state index contributed by atoms with van der Waals surface area (Å²) in [6, 6.07) is 3.42. The predicted octanol–water partition coefficient (Wildman–Crippen LogP) is 3.89. The van der Waals surface area contributed by atoms with Crippen molar-refractivity contribution in [3.8, 4) is 5.75 Å². The SMILES string of the molecule is CC.CNC1=CCN=C(c2ccc(C(F)(F)F)cc2OC)c2cnn(C)c21. The van der Waals surface area contributed by atoms with Crippen molar-refractivity contribution in [1.29, 1.82) is 0 Å². The van der Waals surface area contributed by atoms with Gasteiger partial charge in [-0.3, -0.25) is 9.67 Å². The third kappa shape index (κ3) is 3.99. The number of nitrogens with one attached hydrogen (secondary N) is 1. The number of alkyl halides is 3. The Morgan fingerprint density at radius 1 is 1.19 bits per heavy atom. The number of hydrogen-bond acceptors (Lipinski definition) is 4. The van der Waals surface area contributed by atoms with Crippen molar-refractivity contribution in [3.05, 3.63) is 52.9 Å². The van der Waals surface area contributed by atoms with Gasteiger partial charge in [0.15, 0.2) is 0 Å². The van der Waals surface area contributed by atoms with Gasteiger partial charge in [-0.05, 0) is 24.3 Å². The van der Waals surface area contributed by atoms with Crippen LogP contribution in [0.5, 0.6) is 5.75 Å². The van der Waals surface area contributed by atoms with Gasteiger partial charge >= 0.3 is 6.18 Å². The molecule has 3 rings (SSSR count). The molecule has 2 heterocycles. The minimum absolute atomic E-state index is 0.122. The first kappa shape index (κ1) is 20.5. The van der Waals surface area contributed by atoms with E-state index < -0.39 is 11.7 Å². The molecule has 0 amide bonds. The summed E-state index contributed by atoms with van der Waals surface area (Å²) in [4.78, 5) is 4.53. The highest BCUT2D eigenvalue weighted by Crippen LogP contribution is 2.35. The summed E-state index contributed by atoms with van der Waals surface area (Å²) in [5, 5.41) is 7.36. The number of methoxy groups -OCH3 is 1. The second kappa shape index (κ2) is 8.28. The quantitative estimate of drug-likeness (QED) is 0.879. The zero-order chi connectivity index (χ0) is 20.2. The fourth-order valence-electron chi connectivity index (χ4n) is 2.85. The lowest BCUT2D eigenvalue weighted by Gasteiger charge is -2.14. The minimum atomic E-state index is -4.43. The highest BCUT2D eigenvalue weighted by molar-refractivity contribution is 6.16. The van der Waals surface area contributed by atoms with E-state index in [1.807, 2.05) is 19.9 Å². The van der Waals surface area contributed by atoms with Gasteiger partial charge in [-0.15, -0.1) is 0 Å². The fourth-order valence-corrected chi connectivity index (χ4v) is 2.85. The Balaban J connectivity index is 0.00000126. The molecule has 5 nitrogen and oxygen atoms in total. The first-order valence-electron chi connectivity index (χ1n) is 8.57. The Bertz CT molecular complexity index is 866. The van der Waals surface area contributed by atoms with Crippen LogP contribution in [0.1, 0.15) is 36.2 Å². The Hall–Kier alpha value is -2.77. The third-order valence-electron chi connectivity index (χ3n) is 4.05. The molecule has 1 aromatic carbocycles. The second-order valence-electron chi connectivity index (χ2n) is 5.50. The summed E-state index contributed by atoms with van der Waals surface area (Å²) < 4.78 is 45.8. The van der Waals surface area contributed by atoms with Crippen molar-refractivity contribution >= 4 is 11.4 Å². The van der Waals surface area contributed by atoms with Crippen molar-refractivity contribution < 1.29 is 17.9 Å². The molecule has 1 aliphatic rings. The van der Waals surface area contributed by atoms with E-state index in [1.54, 1.807) is 25.0 Å². The van der Waals surface area contributed by atoms with Gasteiger partial charge in [0.2, 0.25) is 0 Å². The molecule has 1 aromatic heterocycles. The number of rotatable bonds is 3. The van der Waals surface area contributed by atoms with Gasteiger partial charge in [0.25, 0.3) is 0 Å². The summed E-state index contributed by atoms with van der Waals surface area (Å²) >= 11 is 0. The van der Waals surface area contributed by atoms with E-state index in [0.717, 1.165) is 29.1 Å². The summed E-state index contributed by atoms with van der Waals surface area (Å²) in [7, 11) is 4.95. The highest BCUT2D eigenvalue weighted by atomic mass is 19.4. The molecule has 146 valence electrons. The molecule has 0 fully saturated rings. The zero-order valence-corrected chi connectivity index (χ0v) is 16.0. The molecule has 0 saturated heterocycles. The monoisotopic (exact) mass is 380 g/mol. The molecule has 0 aliphatic carbocycles. The van der Waals surface area contributed by atoms with Gasteiger partial charge in [-0.25, -0.2) is 0 Å². The van der Waals surface area contributed by atoms with Crippen molar-refractivity contribution in [3.63, 3.8) is 0 Å². The standard InChI is InChI=1S/C17H17F3N4O.C2H6/c1-21-13-6-7-22-15(12-9-23-24(2)16(12)13)11-5-4-10(17(18,19)20)8-14(11)25-3;1-2/h4-6,8-9,21H,7H2,1-3H3;1-2H3. The molecular formula is C19H23F3N4O. The molecule has 0 saturated carbocycles. The molecule has 0 atom stereocenters. The first-order valence-corrected chi connectivity index (χ1v) is 8.57. The minimum Gasteiger partial charge on any atom is -0.496 e. The Kier molecular flexibility index (Phi) is 6.30. The number of ether oxygens (including phenoxy) is 1. The van der Waals surface area contributed by atoms with Crippen LogP contribution in [0.3, 0.4) is 0 Å². The van der Waals surface area contributed by atoms with Crippen LogP contribution in [0.4, 0.5) is 13.2 Å². The lowest BCUT2D eigenvalue weighted by molar-refractivity contribution is -0.137. The number of hydrogen-bond donors (Lipinski definition) is 1. The van der Waals surface area contributed by atoms with Crippen LogP contribution in [0.15, 0.2) is 35.5 Å². The van der Waals surface area contributed by atoms with Crippen LogP contribution < -0.4 is 10.1 Å². The number of nitrogens with zero attached hydrogens (tertiary/aromatic N) is 3. The van der Waals surface area contributed by atoms with Crippen molar-refractivity contribution in [2.75, 3.05) is 20.7 Å². The second-order valence-corrected chi connectivity index (χ2v) is 5.50. The Labute approximate surface area is 156 Å². The number of halogens is 3. The molecule has 0 spiro atoms. The molecule has 0 radical (unpaired) electrons. The summed E-state index contributed by atoms with van der Waals surface area (Å²) in [6.45, 7) is 4.39. The summed E-state index contributed by atoms with van der Waals surface area (Å²) in [5.74, 6) is 0.122. The molecule has 0 bridgehead atoms. The normalized spacial score (nSPS) is 13.5. The average molecular weight is 380 g/mol. The maximum atomic E-state index is 13.0. The highest BCUT2D eigenvalue weighted by Gasteiger charge is 2.32. The van der Waals surface area contributed by atoms with Crippen LogP contribution in [-0.4, -0.2) is 36.2 Å².